The molecule has 0 spiro atoms. The zero-order valence-electron chi connectivity index (χ0n) is 8.88. The van der Waals surface area contributed by atoms with Crippen LogP contribution in [0.3, 0.4) is 0 Å². The molecule has 0 atom stereocenters. The van der Waals surface area contributed by atoms with Crippen LogP contribution in [0.5, 0.6) is 0 Å². The van der Waals surface area contributed by atoms with E-state index in [2.05, 4.69) is 10.3 Å². The van der Waals surface area contributed by atoms with E-state index in [4.69, 9.17) is 9.56 Å². The molecule has 17 heavy (non-hydrogen) atoms. The van der Waals surface area contributed by atoms with Crippen molar-refractivity contribution in [2.24, 2.45) is 5.14 Å². The van der Waals surface area contributed by atoms with Crippen molar-refractivity contribution >= 4 is 15.8 Å². The van der Waals surface area contributed by atoms with Crippen LogP contribution >= 0.6 is 0 Å². The van der Waals surface area contributed by atoms with Crippen LogP contribution in [0.4, 0.5) is 5.82 Å². The minimum atomic E-state index is -3.75. The third-order valence-electron chi connectivity index (χ3n) is 2.14. The molecule has 0 saturated carbocycles. The molecule has 2 rings (SSSR count). The smallest absolute Gasteiger partial charge is 0.293 e. The van der Waals surface area contributed by atoms with Crippen molar-refractivity contribution in [3.8, 4) is 0 Å². The summed E-state index contributed by atoms with van der Waals surface area (Å²) in [6, 6.07) is 6.53. The van der Waals surface area contributed by atoms with Crippen LogP contribution in [0.15, 0.2) is 46.0 Å². The van der Waals surface area contributed by atoms with E-state index >= 15 is 0 Å². The molecule has 0 fully saturated rings. The highest BCUT2D eigenvalue weighted by Crippen LogP contribution is 2.14. The van der Waals surface area contributed by atoms with Crippen molar-refractivity contribution in [2.75, 3.05) is 5.32 Å². The summed E-state index contributed by atoms with van der Waals surface area (Å²) in [5, 5.41) is 8.01. The van der Waals surface area contributed by atoms with Gasteiger partial charge in [0.15, 0.2) is 4.90 Å². The highest BCUT2D eigenvalue weighted by Gasteiger charge is 2.19. The molecule has 0 aliphatic heterocycles. The van der Waals surface area contributed by atoms with Crippen molar-refractivity contribution in [2.45, 2.75) is 11.4 Å². The lowest BCUT2D eigenvalue weighted by Gasteiger charge is -2.01. The summed E-state index contributed by atoms with van der Waals surface area (Å²) in [7, 11) is -3.75. The maximum absolute atomic E-state index is 11.3. The molecule has 6 nitrogen and oxygen atoms in total. The number of nitrogens with one attached hydrogen (secondary N) is 2. The zero-order chi connectivity index (χ0) is 12.3. The number of furan rings is 1. The monoisotopic (exact) mass is 254 g/mol. The molecule has 0 amide bonds. The van der Waals surface area contributed by atoms with E-state index in [0.717, 1.165) is 0 Å². The second-order valence-electron chi connectivity index (χ2n) is 3.39. The fraction of sp³-hybridized carbons (Fsp3) is 0.100. The number of rotatable bonds is 4. The number of anilines is 1. The van der Waals surface area contributed by atoms with Crippen LogP contribution in [0.1, 0.15) is 5.76 Å². The van der Waals surface area contributed by atoms with Crippen LogP contribution in [-0.2, 0) is 16.6 Å². The maximum atomic E-state index is 11.3. The summed E-state index contributed by atoms with van der Waals surface area (Å²) >= 11 is 0. The van der Waals surface area contributed by atoms with Gasteiger partial charge in [-0.25, -0.2) is 18.5 Å². The summed E-state index contributed by atoms with van der Waals surface area (Å²) in [5.74, 6) is 1.04. The quantitative estimate of drug-likeness (QED) is 0.822. The Bertz CT molecular complexity index is 593. The molecule has 0 saturated heterocycles. The highest BCUT2D eigenvalue weighted by molar-refractivity contribution is 7.89. The first-order valence-electron chi connectivity index (χ1n) is 4.87. The molecular formula is C10H12N3O3S+. The van der Waals surface area contributed by atoms with Crippen LogP contribution < -0.4 is 15.4 Å². The van der Waals surface area contributed by atoms with E-state index in [1.165, 1.54) is 6.07 Å². The summed E-state index contributed by atoms with van der Waals surface area (Å²) in [6.45, 7) is 0.371. The molecule has 90 valence electrons. The Hall–Kier alpha value is -1.86. The number of nitrogens with two attached hydrogens (primary N) is 1. The average molecular weight is 254 g/mol. The van der Waals surface area contributed by atoms with E-state index < -0.39 is 10.0 Å². The van der Waals surface area contributed by atoms with Gasteiger partial charge in [-0.1, -0.05) is 0 Å². The lowest BCUT2D eigenvalue weighted by Crippen LogP contribution is -2.21. The summed E-state index contributed by atoms with van der Waals surface area (Å²) in [6.07, 6.45) is 3.16. The first-order chi connectivity index (χ1) is 8.07. The Balaban J connectivity index is 2.22. The summed E-state index contributed by atoms with van der Waals surface area (Å²) in [5.41, 5.74) is 0. The Kier molecular flexibility index (Phi) is 3.12. The number of hydrogen-bond donors (Lipinski definition) is 2. The highest BCUT2D eigenvalue weighted by atomic mass is 32.2. The molecule has 2 aromatic heterocycles. The Labute approximate surface area is 98.5 Å². The normalized spacial score (nSPS) is 11.4. The van der Waals surface area contributed by atoms with Crippen LogP contribution in [0.25, 0.3) is 0 Å². The molecule has 0 radical (unpaired) electrons. The van der Waals surface area contributed by atoms with Crippen LogP contribution in [0, 0.1) is 0 Å². The van der Waals surface area contributed by atoms with Crippen molar-refractivity contribution < 1.29 is 17.8 Å². The number of aromatic nitrogens is 1. The van der Waals surface area contributed by atoms with Crippen LogP contribution in [-0.4, -0.2) is 8.42 Å². The number of pyridine rings is 1. The molecule has 2 heterocycles. The van der Waals surface area contributed by atoms with Crippen molar-refractivity contribution in [3.63, 3.8) is 0 Å². The molecule has 0 aromatic carbocycles. The fourth-order valence-corrected chi connectivity index (χ4v) is 2.07. The first kappa shape index (κ1) is 11.6. The lowest BCUT2D eigenvalue weighted by atomic mass is 10.4. The Morgan fingerprint density at radius 1 is 1.35 bits per heavy atom. The Morgan fingerprint density at radius 3 is 2.82 bits per heavy atom. The van der Waals surface area contributed by atoms with E-state index in [1.54, 1.807) is 30.7 Å². The topological polar surface area (TPSA) is 99.5 Å². The number of primary sulfonamides is 1. The number of H-pyrrole nitrogens is 1. The SMILES string of the molecule is NS(=O)(=O)c1ccc[nH+]c1NCc1ccco1. The minimum Gasteiger partial charge on any atom is -0.465 e. The molecule has 0 bridgehead atoms. The standard InChI is InChI=1S/C10H11N3O3S/c11-17(14,15)9-4-1-5-12-10(9)13-7-8-3-2-6-16-8/h1-6H,7H2,(H,12,13)(H2,11,14,15)/p+1. The Morgan fingerprint density at radius 2 is 2.18 bits per heavy atom. The van der Waals surface area contributed by atoms with Crippen molar-refractivity contribution in [1.29, 1.82) is 0 Å². The molecule has 4 N–H and O–H groups in total. The maximum Gasteiger partial charge on any atom is 0.293 e. The van der Waals surface area contributed by atoms with Gasteiger partial charge in [-0.15, -0.1) is 0 Å². The van der Waals surface area contributed by atoms with Gasteiger partial charge in [0.05, 0.1) is 12.5 Å². The average Bonchev–Trinajstić information content (AvgIpc) is 2.78. The number of hydrogen-bond acceptors (Lipinski definition) is 4. The van der Waals surface area contributed by atoms with Crippen molar-refractivity contribution in [3.05, 3.63) is 42.5 Å². The molecule has 0 unspecified atom stereocenters. The minimum absolute atomic E-state index is 0.0200. The number of aromatic amines is 1. The second kappa shape index (κ2) is 4.56. The van der Waals surface area contributed by atoms with E-state index in [1.807, 2.05) is 0 Å². The molecule has 7 heteroatoms. The third kappa shape index (κ3) is 2.83. The number of sulfonamides is 1. The summed E-state index contributed by atoms with van der Waals surface area (Å²) < 4.78 is 27.7. The molecule has 2 aromatic rings. The predicted octanol–water partition coefficient (Wildman–Crippen LogP) is 0.353. The zero-order valence-corrected chi connectivity index (χ0v) is 9.70. The fourth-order valence-electron chi connectivity index (χ4n) is 1.39. The van der Waals surface area contributed by atoms with Gasteiger partial charge in [0.25, 0.3) is 5.82 Å². The molecule has 0 aliphatic rings. The predicted molar refractivity (Wildman–Crippen MR) is 60.4 cm³/mol. The van der Waals surface area contributed by atoms with Gasteiger partial charge in [-0.2, -0.15) is 0 Å². The lowest BCUT2D eigenvalue weighted by molar-refractivity contribution is -0.363. The second-order valence-corrected chi connectivity index (χ2v) is 4.92. The van der Waals surface area contributed by atoms with E-state index in [0.29, 0.717) is 18.1 Å². The molecule has 0 aliphatic carbocycles. The van der Waals surface area contributed by atoms with Gasteiger partial charge < -0.3 is 4.42 Å². The van der Waals surface area contributed by atoms with E-state index in [-0.39, 0.29) is 4.90 Å². The van der Waals surface area contributed by atoms with Gasteiger partial charge in [-0.05, 0) is 24.3 Å². The van der Waals surface area contributed by atoms with Gasteiger partial charge in [0, 0.05) is 0 Å². The summed E-state index contributed by atoms with van der Waals surface area (Å²) in [4.78, 5) is 2.81. The van der Waals surface area contributed by atoms with Gasteiger partial charge >= 0.3 is 0 Å². The third-order valence-corrected chi connectivity index (χ3v) is 3.10. The largest absolute Gasteiger partial charge is 0.465 e. The molecular weight excluding hydrogens is 242 g/mol. The van der Waals surface area contributed by atoms with Crippen LogP contribution in [0.2, 0.25) is 0 Å². The van der Waals surface area contributed by atoms with Gasteiger partial charge in [-0.3, -0.25) is 5.32 Å². The van der Waals surface area contributed by atoms with E-state index in [9.17, 15) is 8.42 Å². The van der Waals surface area contributed by atoms with Gasteiger partial charge in [0.1, 0.15) is 12.3 Å². The first-order valence-corrected chi connectivity index (χ1v) is 6.42. The van der Waals surface area contributed by atoms with Crippen molar-refractivity contribution in [1.82, 2.24) is 0 Å². The van der Waals surface area contributed by atoms with Gasteiger partial charge in [0.2, 0.25) is 10.0 Å².